The molecule has 36 heavy (non-hydrogen) atoms. The molecule has 4 rings (SSSR count). The number of likely N-dealkylation sites (tertiary alicyclic amines) is 1. The lowest BCUT2D eigenvalue weighted by Crippen LogP contribution is -2.55. The number of nitrogens with one attached hydrogen (secondary N) is 1. The second kappa shape index (κ2) is 9.89. The van der Waals surface area contributed by atoms with Gasteiger partial charge in [-0.3, -0.25) is 9.69 Å². The molecule has 2 N–H and O–H groups in total. The van der Waals surface area contributed by atoms with Crippen LogP contribution in [0.5, 0.6) is 0 Å². The molecule has 196 valence electrons. The first-order valence-corrected chi connectivity index (χ1v) is 12.4. The summed E-state index contributed by atoms with van der Waals surface area (Å²) >= 11 is 0. The van der Waals surface area contributed by atoms with Gasteiger partial charge in [-0.15, -0.1) is 0 Å². The highest BCUT2D eigenvalue weighted by atomic mass is 19.2. The number of halogens is 2. The molecule has 2 aliphatic rings. The van der Waals surface area contributed by atoms with Crippen molar-refractivity contribution in [2.24, 2.45) is 5.41 Å². The predicted octanol–water partition coefficient (Wildman–Crippen LogP) is 3.16. The first kappa shape index (κ1) is 26.2. The Kier molecular flexibility index (Phi) is 7.21. The van der Waals surface area contributed by atoms with E-state index < -0.39 is 35.2 Å². The van der Waals surface area contributed by atoms with E-state index >= 15 is 0 Å². The quantitative estimate of drug-likeness (QED) is 0.669. The maximum absolute atomic E-state index is 14.1. The van der Waals surface area contributed by atoms with Gasteiger partial charge >= 0.3 is 6.03 Å². The number of benzene rings is 1. The molecule has 0 unspecified atom stereocenters. The number of aliphatic hydroxyl groups excluding tert-OH is 1. The average Bonchev–Trinajstić information content (AvgIpc) is 3.41. The van der Waals surface area contributed by atoms with Crippen molar-refractivity contribution in [2.45, 2.75) is 72.2 Å². The summed E-state index contributed by atoms with van der Waals surface area (Å²) in [5.41, 5.74) is 1.70. The molecule has 1 aromatic carbocycles. The third-order valence-corrected chi connectivity index (χ3v) is 7.06. The highest BCUT2D eigenvalue weighted by molar-refractivity contribution is 5.89. The first-order chi connectivity index (χ1) is 16.9. The minimum atomic E-state index is -0.983. The van der Waals surface area contributed by atoms with Crippen LogP contribution in [-0.2, 0) is 17.8 Å². The molecule has 10 heteroatoms. The second-order valence-electron chi connectivity index (χ2n) is 11.1. The van der Waals surface area contributed by atoms with E-state index in [1.807, 2.05) is 20.8 Å². The molecule has 0 radical (unpaired) electrons. The smallest absolute Gasteiger partial charge is 0.343 e. The van der Waals surface area contributed by atoms with Crippen molar-refractivity contribution in [1.82, 2.24) is 24.9 Å². The molecule has 2 aliphatic heterocycles. The van der Waals surface area contributed by atoms with Crippen molar-refractivity contribution in [3.05, 3.63) is 41.1 Å². The zero-order valence-electron chi connectivity index (χ0n) is 21.5. The molecule has 8 nitrogen and oxygen atoms in total. The standard InChI is InChI=1S/C26H35F2N5O3/c1-15(2)31-11-9-21-18(14-31)22(16-6-7-19(27)20(28)12-16)30-33(21)25(36)29-23(26(3,4)5)24(35)32-10-8-17(34)13-32/h6-7,12,15,17,23,34H,8-11,13-14H2,1-5H3,(H,29,36)/t17-,23+/m0/s1. The van der Waals surface area contributed by atoms with Gasteiger partial charge in [0.2, 0.25) is 5.91 Å². The fraction of sp³-hybridized carbons (Fsp3) is 0.577. The number of nitrogens with zero attached hydrogens (tertiary/aromatic N) is 4. The van der Waals surface area contributed by atoms with Crippen molar-refractivity contribution in [2.75, 3.05) is 19.6 Å². The third-order valence-electron chi connectivity index (χ3n) is 7.06. The van der Waals surface area contributed by atoms with E-state index in [4.69, 9.17) is 0 Å². The van der Waals surface area contributed by atoms with Crippen LogP contribution in [0.2, 0.25) is 0 Å². The molecule has 0 spiro atoms. The van der Waals surface area contributed by atoms with E-state index in [-0.39, 0.29) is 18.5 Å². The van der Waals surface area contributed by atoms with E-state index in [0.29, 0.717) is 49.4 Å². The van der Waals surface area contributed by atoms with Gasteiger partial charge in [0.15, 0.2) is 11.6 Å². The van der Waals surface area contributed by atoms with Gasteiger partial charge in [-0.25, -0.2) is 13.6 Å². The van der Waals surface area contributed by atoms with Crippen LogP contribution in [0.25, 0.3) is 11.3 Å². The molecule has 2 atom stereocenters. The van der Waals surface area contributed by atoms with Crippen LogP contribution in [0.4, 0.5) is 13.6 Å². The first-order valence-electron chi connectivity index (χ1n) is 12.4. The van der Waals surface area contributed by atoms with Crippen LogP contribution in [-0.4, -0.2) is 74.4 Å². The highest BCUT2D eigenvalue weighted by Gasteiger charge is 2.39. The molecule has 3 heterocycles. The second-order valence-corrected chi connectivity index (χ2v) is 11.1. The van der Waals surface area contributed by atoms with Crippen LogP contribution >= 0.6 is 0 Å². The summed E-state index contributed by atoms with van der Waals surface area (Å²) in [6, 6.07) is 2.47. The largest absolute Gasteiger partial charge is 0.391 e. The number of hydrogen-bond acceptors (Lipinski definition) is 5. The van der Waals surface area contributed by atoms with Gasteiger partial charge in [0.1, 0.15) is 6.04 Å². The van der Waals surface area contributed by atoms with Gasteiger partial charge in [0.25, 0.3) is 0 Å². The predicted molar refractivity (Wildman–Crippen MR) is 131 cm³/mol. The highest BCUT2D eigenvalue weighted by Crippen LogP contribution is 2.32. The minimum absolute atomic E-state index is 0.240. The van der Waals surface area contributed by atoms with Crippen molar-refractivity contribution in [3.63, 3.8) is 0 Å². The Bertz CT molecular complexity index is 1160. The lowest BCUT2D eigenvalue weighted by Gasteiger charge is -2.33. The number of rotatable bonds is 4. The number of aromatic nitrogens is 2. The summed E-state index contributed by atoms with van der Waals surface area (Å²) < 4.78 is 29.0. The van der Waals surface area contributed by atoms with Gasteiger partial charge in [-0.05, 0) is 43.9 Å². The molecular formula is C26H35F2N5O3. The maximum atomic E-state index is 14.1. The summed E-state index contributed by atoms with van der Waals surface area (Å²) in [6.45, 7) is 11.7. The molecule has 0 aliphatic carbocycles. The normalized spacial score (nSPS) is 19.5. The molecule has 1 saturated heterocycles. The number of amides is 2. The zero-order valence-corrected chi connectivity index (χ0v) is 21.5. The Morgan fingerprint density at radius 2 is 1.89 bits per heavy atom. The van der Waals surface area contributed by atoms with E-state index in [9.17, 15) is 23.5 Å². The van der Waals surface area contributed by atoms with Crippen LogP contribution in [0.3, 0.4) is 0 Å². The van der Waals surface area contributed by atoms with E-state index in [2.05, 4.69) is 29.2 Å². The molecule has 1 aromatic heterocycles. The fourth-order valence-corrected chi connectivity index (χ4v) is 4.88. The van der Waals surface area contributed by atoms with Crippen molar-refractivity contribution in [1.29, 1.82) is 0 Å². The van der Waals surface area contributed by atoms with Gasteiger partial charge in [-0.2, -0.15) is 9.78 Å². The lowest BCUT2D eigenvalue weighted by molar-refractivity contribution is -0.135. The summed E-state index contributed by atoms with van der Waals surface area (Å²) in [5.74, 6) is -2.18. The Hall–Kier alpha value is -2.85. The van der Waals surface area contributed by atoms with Crippen molar-refractivity contribution < 1.29 is 23.5 Å². The monoisotopic (exact) mass is 503 g/mol. The Morgan fingerprint density at radius 1 is 1.17 bits per heavy atom. The van der Waals surface area contributed by atoms with Crippen molar-refractivity contribution >= 4 is 11.9 Å². The van der Waals surface area contributed by atoms with Gasteiger partial charge in [-0.1, -0.05) is 20.8 Å². The maximum Gasteiger partial charge on any atom is 0.343 e. The van der Waals surface area contributed by atoms with Crippen LogP contribution in [0, 0.1) is 17.0 Å². The Labute approximate surface area is 210 Å². The lowest BCUT2D eigenvalue weighted by atomic mass is 9.86. The molecule has 0 saturated carbocycles. The number of hydrogen-bond donors (Lipinski definition) is 2. The minimum Gasteiger partial charge on any atom is -0.391 e. The van der Waals surface area contributed by atoms with Crippen molar-refractivity contribution in [3.8, 4) is 11.3 Å². The SMILES string of the molecule is CC(C)N1CCc2c(c(-c3ccc(F)c(F)c3)nn2C(=O)N[C@H](C(=O)N2CC[C@H](O)C2)C(C)(C)C)C1. The Balaban J connectivity index is 1.70. The van der Waals surface area contributed by atoms with E-state index in [1.165, 1.54) is 10.7 Å². The number of carbonyl (C=O) groups excluding carboxylic acids is 2. The number of β-amino-alcohol motifs (C(OH)–C–C–N with tert-alkyl or cyclic N) is 1. The summed E-state index contributed by atoms with van der Waals surface area (Å²) in [6.07, 6.45) is 0.489. The Morgan fingerprint density at radius 3 is 2.47 bits per heavy atom. The number of fused-ring (bicyclic) bond motifs is 1. The van der Waals surface area contributed by atoms with Gasteiger partial charge in [0, 0.05) is 49.8 Å². The number of carbonyl (C=O) groups is 2. The summed E-state index contributed by atoms with van der Waals surface area (Å²) in [7, 11) is 0. The molecule has 2 aromatic rings. The zero-order chi connectivity index (χ0) is 26.4. The van der Waals surface area contributed by atoms with Crippen LogP contribution in [0.1, 0.15) is 52.3 Å². The summed E-state index contributed by atoms with van der Waals surface area (Å²) in [4.78, 5) is 30.7. The van der Waals surface area contributed by atoms with Gasteiger partial charge in [0.05, 0.1) is 17.5 Å². The molecule has 1 fully saturated rings. The van der Waals surface area contributed by atoms with Gasteiger partial charge < -0.3 is 15.3 Å². The third kappa shape index (κ3) is 5.15. The van der Waals surface area contributed by atoms with Crippen LogP contribution in [0.15, 0.2) is 18.2 Å². The average molecular weight is 504 g/mol. The molecular weight excluding hydrogens is 468 g/mol. The topological polar surface area (TPSA) is 90.7 Å². The van der Waals surface area contributed by atoms with Crippen LogP contribution < -0.4 is 5.32 Å². The van der Waals surface area contributed by atoms with E-state index in [1.54, 1.807) is 4.90 Å². The fourth-order valence-electron chi connectivity index (χ4n) is 4.88. The van der Waals surface area contributed by atoms with E-state index in [0.717, 1.165) is 17.7 Å². The summed E-state index contributed by atoms with van der Waals surface area (Å²) in [5, 5.41) is 17.3. The molecule has 2 amide bonds. The molecule has 0 bridgehead atoms. The number of aliphatic hydroxyl groups is 1.